The highest BCUT2D eigenvalue weighted by molar-refractivity contribution is 5.84. The number of carbonyl (C=O) groups is 2. The van der Waals surface area contributed by atoms with Crippen molar-refractivity contribution in [1.82, 2.24) is 9.88 Å². The Bertz CT molecular complexity index is 1650. The maximum atomic E-state index is 12.8. The van der Waals surface area contributed by atoms with Gasteiger partial charge in [-0.3, -0.25) is 4.79 Å². The van der Waals surface area contributed by atoms with Gasteiger partial charge >= 0.3 is 12.1 Å². The van der Waals surface area contributed by atoms with E-state index in [1.165, 1.54) is 18.2 Å². The SMILES string of the molecule is COC[C@H]1N(c2cccc(-c3cccc(C)c3OCc3ccc4c(c3)[C@@H](C)CN(C(=O)OC(C)(C)C)CC4)n2)C[C@@H]2C[C@@]21C(=O)OC. The average molecular weight is 642 g/mol. The summed E-state index contributed by atoms with van der Waals surface area (Å²) in [6, 6.07) is 18.5. The summed E-state index contributed by atoms with van der Waals surface area (Å²) in [5.74, 6) is 1.85. The number of carbonyl (C=O) groups excluding carboxylic acids is 2. The van der Waals surface area contributed by atoms with Gasteiger partial charge < -0.3 is 28.7 Å². The fraction of sp³-hybridized carbons (Fsp3) is 0.500. The molecule has 9 heteroatoms. The summed E-state index contributed by atoms with van der Waals surface area (Å²) in [5.41, 5.74) is 5.27. The van der Waals surface area contributed by atoms with Gasteiger partial charge in [-0.05, 0) is 92.8 Å². The Kier molecular flexibility index (Phi) is 8.96. The minimum absolute atomic E-state index is 0.132. The molecule has 0 N–H and O–H groups in total. The van der Waals surface area contributed by atoms with Crippen LogP contribution in [0.15, 0.2) is 54.6 Å². The highest BCUT2D eigenvalue weighted by Crippen LogP contribution is 2.62. The zero-order valence-electron chi connectivity index (χ0n) is 28.7. The van der Waals surface area contributed by atoms with Crippen LogP contribution < -0.4 is 9.64 Å². The second kappa shape index (κ2) is 12.8. The van der Waals surface area contributed by atoms with Gasteiger partial charge in [-0.2, -0.15) is 0 Å². The molecule has 3 heterocycles. The van der Waals surface area contributed by atoms with E-state index in [0.29, 0.717) is 26.3 Å². The standard InChI is InChI=1S/C38H47N3O6/c1-24-10-8-11-29(31-12-9-13-33(39-31)41-21-28-19-38(28,35(42)45-7)32(41)23-44-6)34(24)46-22-26-14-15-27-16-17-40(20-25(2)30(27)18-26)36(43)47-37(3,4)5/h8-15,18,25,28,32H,16-17,19-23H2,1-7H3/t25-,28-,32+,38+/m0/s1. The smallest absolute Gasteiger partial charge is 0.410 e. The molecule has 9 nitrogen and oxygen atoms in total. The molecule has 3 aromatic rings. The number of aromatic nitrogens is 1. The van der Waals surface area contributed by atoms with Gasteiger partial charge in [0.2, 0.25) is 0 Å². The summed E-state index contributed by atoms with van der Waals surface area (Å²) in [5, 5.41) is 0. The van der Waals surface area contributed by atoms with Crippen LogP contribution in [0.25, 0.3) is 11.3 Å². The van der Waals surface area contributed by atoms with Crippen LogP contribution in [0, 0.1) is 18.3 Å². The molecule has 1 saturated heterocycles. The maximum Gasteiger partial charge on any atom is 0.410 e. The van der Waals surface area contributed by atoms with Gasteiger partial charge in [0.1, 0.15) is 23.8 Å². The quantitative estimate of drug-likeness (QED) is 0.256. The number of rotatable bonds is 8. The number of hydrogen-bond acceptors (Lipinski definition) is 8. The minimum atomic E-state index is -0.528. The average Bonchev–Trinajstić information content (AvgIpc) is 3.72. The Morgan fingerprint density at radius 1 is 1.04 bits per heavy atom. The number of ether oxygens (including phenoxy) is 4. The van der Waals surface area contributed by atoms with Gasteiger partial charge in [0.05, 0.1) is 30.9 Å². The number of esters is 1. The number of piperidine rings is 1. The lowest BCUT2D eigenvalue weighted by Crippen LogP contribution is -2.44. The molecule has 0 radical (unpaired) electrons. The second-order valence-electron chi connectivity index (χ2n) is 14.3. The molecule has 4 atom stereocenters. The molecule has 1 aliphatic carbocycles. The lowest BCUT2D eigenvalue weighted by molar-refractivity contribution is -0.148. The summed E-state index contributed by atoms with van der Waals surface area (Å²) in [4.78, 5) is 34.8. The van der Waals surface area contributed by atoms with Crippen LogP contribution in [-0.2, 0) is 32.0 Å². The summed E-state index contributed by atoms with van der Waals surface area (Å²) >= 11 is 0. The molecule has 1 amide bonds. The van der Waals surface area contributed by atoms with Gasteiger partial charge in [0.15, 0.2) is 0 Å². The van der Waals surface area contributed by atoms with E-state index in [4.69, 9.17) is 23.9 Å². The monoisotopic (exact) mass is 641 g/mol. The van der Waals surface area contributed by atoms with E-state index in [2.05, 4.69) is 43.0 Å². The van der Waals surface area contributed by atoms with E-state index in [0.717, 1.165) is 53.3 Å². The van der Waals surface area contributed by atoms with Crippen LogP contribution >= 0.6 is 0 Å². The molecule has 6 rings (SSSR count). The van der Waals surface area contributed by atoms with Crippen molar-refractivity contribution in [3.05, 3.63) is 76.9 Å². The van der Waals surface area contributed by atoms with E-state index < -0.39 is 11.0 Å². The molecule has 0 spiro atoms. The van der Waals surface area contributed by atoms with Crippen LogP contribution in [0.3, 0.4) is 0 Å². The fourth-order valence-electron chi connectivity index (χ4n) is 7.48. The zero-order chi connectivity index (χ0) is 33.5. The van der Waals surface area contributed by atoms with Crippen molar-refractivity contribution in [3.63, 3.8) is 0 Å². The topological polar surface area (TPSA) is 90.4 Å². The summed E-state index contributed by atoms with van der Waals surface area (Å²) in [6.45, 7) is 12.7. The van der Waals surface area contributed by atoms with Crippen molar-refractivity contribution in [2.75, 3.05) is 45.4 Å². The van der Waals surface area contributed by atoms with E-state index >= 15 is 0 Å². The van der Waals surface area contributed by atoms with Gasteiger partial charge in [-0.25, -0.2) is 9.78 Å². The number of methoxy groups -OCH3 is 2. The Hall–Kier alpha value is -4.11. The fourth-order valence-corrected chi connectivity index (χ4v) is 7.48. The van der Waals surface area contributed by atoms with Crippen LogP contribution in [-0.4, -0.2) is 74.1 Å². The molecular weight excluding hydrogens is 594 g/mol. The van der Waals surface area contributed by atoms with Crippen LogP contribution in [0.2, 0.25) is 0 Å². The van der Waals surface area contributed by atoms with Crippen molar-refractivity contribution >= 4 is 17.9 Å². The van der Waals surface area contributed by atoms with Crippen molar-refractivity contribution in [2.24, 2.45) is 11.3 Å². The third kappa shape index (κ3) is 6.42. The van der Waals surface area contributed by atoms with Crippen LogP contribution in [0.1, 0.15) is 62.3 Å². The first-order chi connectivity index (χ1) is 22.4. The number of benzene rings is 2. The first-order valence-corrected chi connectivity index (χ1v) is 16.6. The van der Waals surface area contributed by atoms with Crippen molar-refractivity contribution in [2.45, 2.75) is 71.6 Å². The number of aryl methyl sites for hydroxylation is 1. The molecular formula is C38H47N3O6. The molecule has 1 saturated carbocycles. The Morgan fingerprint density at radius 3 is 2.57 bits per heavy atom. The van der Waals surface area contributed by atoms with Crippen molar-refractivity contribution < 1.29 is 28.5 Å². The van der Waals surface area contributed by atoms with Gasteiger partial charge in [0, 0.05) is 32.3 Å². The van der Waals surface area contributed by atoms with Gasteiger partial charge in [0.25, 0.3) is 0 Å². The third-order valence-electron chi connectivity index (χ3n) is 9.87. The number of anilines is 1. The molecule has 47 heavy (non-hydrogen) atoms. The van der Waals surface area contributed by atoms with Crippen LogP contribution in [0.5, 0.6) is 5.75 Å². The molecule has 2 aliphatic heterocycles. The summed E-state index contributed by atoms with van der Waals surface area (Å²) in [6.07, 6.45) is 1.35. The summed E-state index contributed by atoms with van der Waals surface area (Å²) < 4.78 is 23.0. The molecule has 3 aliphatic rings. The molecule has 0 unspecified atom stereocenters. The Morgan fingerprint density at radius 2 is 1.83 bits per heavy atom. The molecule has 1 aromatic heterocycles. The number of pyridine rings is 1. The lowest BCUT2D eigenvalue weighted by atomic mass is 9.93. The zero-order valence-corrected chi connectivity index (χ0v) is 28.7. The second-order valence-corrected chi connectivity index (χ2v) is 14.3. The van der Waals surface area contributed by atoms with Gasteiger partial charge in [-0.1, -0.05) is 43.3 Å². The summed E-state index contributed by atoms with van der Waals surface area (Å²) in [7, 11) is 3.13. The molecule has 250 valence electrons. The van der Waals surface area contributed by atoms with Crippen LogP contribution in [0.4, 0.5) is 10.6 Å². The van der Waals surface area contributed by atoms with E-state index in [1.807, 2.05) is 56.0 Å². The minimum Gasteiger partial charge on any atom is -0.488 e. The van der Waals surface area contributed by atoms with E-state index in [9.17, 15) is 9.59 Å². The van der Waals surface area contributed by atoms with E-state index in [1.54, 1.807) is 7.11 Å². The number of nitrogens with zero attached hydrogens (tertiary/aromatic N) is 3. The Labute approximate surface area is 278 Å². The number of hydrogen-bond donors (Lipinski definition) is 0. The van der Waals surface area contributed by atoms with Crippen molar-refractivity contribution in [1.29, 1.82) is 0 Å². The molecule has 0 bridgehead atoms. The maximum absolute atomic E-state index is 12.8. The van der Waals surface area contributed by atoms with Crippen molar-refractivity contribution in [3.8, 4) is 17.0 Å². The normalized spacial score (nSPS) is 23.4. The predicted octanol–water partition coefficient (Wildman–Crippen LogP) is 6.55. The highest BCUT2D eigenvalue weighted by atomic mass is 16.6. The van der Waals surface area contributed by atoms with Gasteiger partial charge in [-0.15, -0.1) is 0 Å². The van der Waals surface area contributed by atoms with E-state index in [-0.39, 0.29) is 29.9 Å². The molecule has 2 aromatic carbocycles. The first-order valence-electron chi connectivity index (χ1n) is 16.6. The highest BCUT2D eigenvalue weighted by Gasteiger charge is 2.71. The number of fused-ring (bicyclic) bond motifs is 2. The Balaban J connectivity index is 1.20. The first kappa shape index (κ1) is 32.8. The molecule has 2 fully saturated rings. The number of para-hydroxylation sites is 1. The lowest BCUT2D eigenvalue weighted by Gasteiger charge is -2.31. The number of amides is 1. The predicted molar refractivity (Wildman–Crippen MR) is 181 cm³/mol. The largest absolute Gasteiger partial charge is 0.488 e. The third-order valence-corrected chi connectivity index (χ3v) is 9.87.